The number of aromatic nitrogens is 2. The van der Waals surface area contributed by atoms with E-state index in [1.54, 1.807) is 12.1 Å². The van der Waals surface area contributed by atoms with Crippen molar-refractivity contribution in [1.29, 1.82) is 0 Å². The first-order chi connectivity index (χ1) is 9.76. The molecule has 2 aromatic rings. The molecule has 1 heterocycles. The van der Waals surface area contributed by atoms with Crippen molar-refractivity contribution in [2.24, 2.45) is 0 Å². The molecule has 0 N–H and O–H groups in total. The Kier molecular flexibility index (Phi) is 5.15. The highest BCUT2D eigenvalue weighted by atomic mass is 127. The SMILES string of the molecule is CN(C)C(C)(C)Cn1c(CCCl)nc2cc(I)c(F)cc21. The van der Waals surface area contributed by atoms with E-state index in [4.69, 9.17) is 11.6 Å². The largest absolute Gasteiger partial charge is 0.326 e. The van der Waals surface area contributed by atoms with Gasteiger partial charge in [0.25, 0.3) is 0 Å². The molecule has 2 rings (SSSR count). The smallest absolute Gasteiger partial charge is 0.138 e. The molecule has 1 aromatic heterocycles. The number of imidazole rings is 1. The maximum absolute atomic E-state index is 13.9. The first kappa shape index (κ1) is 17.0. The summed E-state index contributed by atoms with van der Waals surface area (Å²) in [6.45, 7) is 5.06. The number of hydrogen-bond acceptors (Lipinski definition) is 2. The number of rotatable bonds is 5. The van der Waals surface area contributed by atoms with Crippen LogP contribution in [0.25, 0.3) is 11.0 Å². The van der Waals surface area contributed by atoms with Gasteiger partial charge in [0.05, 0.1) is 14.6 Å². The van der Waals surface area contributed by atoms with Gasteiger partial charge in [-0.05, 0) is 56.6 Å². The molecule has 0 saturated carbocycles. The highest BCUT2D eigenvalue weighted by Gasteiger charge is 2.24. The minimum atomic E-state index is -0.204. The third-order valence-corrected chi connectivity index (χ3v) is 4.96. The molecule has 3 nitrogen and oxygen atoms in total. The molecule has 116 valence electrons. The molecule has 0 amide bonds. The van der Waals surface area contributed by atoms with E-state index in [9.17, 15) is 4.39 Å². The summed E-state index contributed by atoms with van der Waals surface area (Å²) in [5.41, 5.74) is 1.60. The molecule has 0 fully saturated rings. The molecular weight excluding hydrogens is 404 g/mol. The van der Waals surface area contributed by atoms with Crippen LogP contribution in [0.3, 0.4) is 0 Å². The fraction of sp³-hybridized carbons (Fsp3) is 0.533. The fourth-order valence-corrected chi connectivity index (χ4v) is 2.77. The van der Waals surface area contributed by atoms with Gasteiger partial charge in [0.15, 0.2) is 0 Å². The summed E-state index contributed by atoms with van der Waals surface area (Å²) in [5, 5.41) is 0. The number of hydrogen-bond donors (Lipinski definition) is 0. The zero-order chi connectivity index (χ0) is 15.8. The number of likely N-dealkylation sites (N-methyl/N-ethyl adjacent to an activating group) is 1. The Morgan fingerprint density at radius 1 is 1.38 bits per heavy atom. The Labute approximate surface area is 143 Å². The van der Waals surface area contributed by atoms with Crippen LogP contribution in [0, 0.1) is 9.39 Å². The Hall–Kier alpha value is -0.400. The normalized spacial score (nSPS) is 12.6. The van der Waals surface area contributed by atoms with E-state index in [-0.39, 0.29) is 11.4 Å². The lowest BCUT2D eigenvalue weighted by atomic mass is 10.0. The lowest BCUT2D eigenvalue weighted by molar-refractivity contribution is 0.170. The van der Waals surface area contributed by atoms with Crippen molar-refractivity contribution in [2.75, 3.05) is 20.0 Å². The second kappa shape index (κ2) is 6.38. The minimum Gasteiger partial charge on any atom is -0.326 e. The molecule has 1 aromatic carbocycles. The first-order valence-electron chi connectivity index (χ1n) is 6.84. The Morgan fingerprint density at radius 2 is 2.05 bits per heavy atom. The Balaban J connectivity index is 2.58. The third kappa shape index (κ3) is 3.51. The summed E-state index contributed by atoms with van der Waals surface area (Å²) in [4.78, 5) is 6.80. The molecule has 21 heavy (non-hydrogen) atoms. The standard InChI is InChI=1S/C15H20ClFIN3/c1-15(2,20(3)4)9-21-13-7-10(17)11(18)8-12(13)19-14(21)5-6-16/h7-8H,5-6,9H2,1-4H3. The summed E-state index contributed by atoms with van der Waals surface area (Å²) in [6, 6.07) is 3.37. The summed E-state index contributed by atoms with van der Waals surface area (Å²) in [5.74, 6) is 1.21. The van der Waals surface area contributed by atoms with Gasteiger partial charge in [0, 0.05) is 30.5 Å². The van der Waals surface area contributed by atoms with Crippen LogP contribution in [-0.4, -0.2) is 40.0 Å². The van der Waals surface area contributed by atoms with E-state index in [1.807, 2.05) is 36.7 Å². The molecule has 0 atom stereocenters. The van der Waals surface area contributed by atoms with Crippen LogP contribution in [-0.2, 0) is 13.0 Å². The van der Waals surface area contributed by atoms with Gasteiger partial charge in [-0.2, -0.15) is 0 Å². The zero-order valence-electron chi connectivity index (χ0n) is 12.8. The number of aryl methyl sites for hydroxylation is 1. The van der Waals surface area contributed by atoms with E-state index in [2.05, 4.69) is 28.3 Å². The Morgan fingerprint density at radius 3 is 2.62 bits per heavy atom. The summed E-state index contributed by atoms with van der Waals surface area (Å²) in [6.07, 6.45) is 0.679. The quantitative estimate of drug-likeness (QED) is 0.537. The van der Waals surface area contributed by atoms with E-state index >= 15 is 0 Å². The van der Waals surface area contributed by atoms with Gasteiger partial charge < -0.3 is 9.47 Å². The topological polar surface area (TPSA) is 21.1 Å². The lowest BCUT2D eigenvalue weighted by Gasteiger charge is -2.33. The van der Waals surface area contributed by atoms with E-state index in [0.717, 1.165) is 23.4 Å². The van der Waals surface area contributed by atoms with Crippen molar-refractivity contribution >= 4 is 45.2 Å². The van der Waals surface area contributed by atoms with Gasteiger partial charge >= 0.3 is 0 Å². The molecule has 0 radical (unpaired) electrons. The fourth-order valence-electron chi connectivity index (χ4n) is 2.15. The van der Waals surface area contributed by atoms with Crippen LogP contribution in [0.1, 0.15) is 19.7 Å². The van der Waals surface area contributed by atoms with E-state index in [1.165, 1.54) is 0 Å². The summed E-state index contributed by atoms with van der Waals surface area (Å²) < 4.78 is 16.6. The van der Waals surface area contributed by atoms with Gasteiger partial charge in [-0.15, -0.1) is 11.6 Å². The van der Waals surface area contributed by atoms with Crippen LogP contribution < -0.4 is 0 Å². The second-order valence-electron chi connectivity index (χ2n) is 6.02. The second-order valence-corrected chi connectivity index (χ2v) is 7.56. The maximum atomic E-state index is 13.9. The zero-order valence-corrected chi connectivity index (χ0v) is 15.7. The van der Waals surface area contributed by atoms with Gasteiger partial charge in [-0.1, -0.05) is 0 Å². The van der Waals surface area contributed by atoms with E-state index < -0.39 is 0 Å². The van der Waals surface area contributed by atoms with Gasteiger partial charge in [-0.25, -0.2) is 9.37 Å². The molecule has 6 heteroatoms. The number of alkyl halides is 1. The molecule has 0 unspecified atom stereocenters. The van der Waals surface area contributed by atoms with Crippen LogP contribution in [0.5, 0.6) is 0 Å². The van der Waals surface area contributed by atoms with Gasteiger partial charge in [0.1, 0.15) is 11.6 Å². The predicted molar refractivity (Wildman–Crippen MR) is 94.6 cm³/mol. The maximum Gasteiger partial charge on any atom is 0.138 e. The average Bonchev–Trinajstić information content (AvgIpc) is 2.68. The predicted octanol–water partition coefficient (Wildman–Crippen LogP) is 3.90. The van der Waals surface area contributed by atoms with Crippen LogP contribution in [0.4, 0.5) is 4.39 Å². The third-order valence-electron chi connectivity index (χ3n) is 3.94. The number of fused-ring (bicyclic) bond motifs is 1. The Bertz CT molecular complexity index is 652. The van der Waals surface area contributed by atoms with Crippen molar-refractivity contribution in [3.63, 3.8) is 0 Å². The van der Waals surface area contributed by atoms with Crippen LogP contribution >= 0.6 is 34.2 Å². The van der Waals surface area contributed by atoms with Crippen molar-refractivity contribution in [3.8, 4) is 0 Å². The van der Waals surface area contributed by atoms with Crippen LogP contribution in [0.2, 0.25) is 0 Å². The van der Waals surface area contributed by atoms with Gasteiger partial charge in [-0.3, -0.25) is 0 Å². The first-order valence-corrected chi connectivity index (χ1v) is 8.45. The lowest BCUT2D eigenvalue weighted by Crippen LogP contribution is -2.42. The molecular formula is C15H20ClFIN3. The summed E-state index contributed by atoms with van der Waals surface area (Å²) in [7, 11) is 4.09. The molecule has 0 aliphatic carbocycles. The van der Waals surface area contributed by atoms with Crippen molar-refractivity contribution in [1.82, 2.24) is 14.5 Å². The molecule has 0 bridgehead atoms. The van der Waals surface area contributed by atoms with Crippen LogP contribution in [0.15, 0.2) is 12.1 Å². The molecule has 0 saturated heterocycles. The highest BCUT2D eigenvalue weighted by Crippen LogP contribution is 2.25. The van der Waals surface area contributed by atoms with Crippen molar-refractivity contribution < 1.29 is 4.39 Å². The molecule has 0 aliphatic heterocycles. The highest BCUT2D eigenvalue weighted by molar-refractivity contribution is 14.1. The van der Waals surface area contributed by atoms with E-state index in [0.29, 0.717) is 15.9 Å². The average molecular weight is 424 g/mol. The van der Waals surface area contributed by atoms with Gasteiger partial charge in [0.2, 0.25) is 0 Å². The summed E-state index contributed by atoms with van der Waals surface area (Å²) >= 11 is 7.89. The number of nitrogens with zero attached hydrogens (tertiary/aromatic N) is 3. The number of halogens is 3. The molecule has 0 aliphatic rings. The van der Waals surface area contributed by atoms with Crippen molar-refractivity contribution in [3.05, 3.63) is 27.3 Å². The number of benzene rings is 1. The van der Waals surface area contributed by atoms with Crippen molar-refractivity contribution in [2.45, 2.75) is 32.4 Å². The monoisotopic (exact) mass is 423 g/mol. The minimum absolute atomic E-state index is 0.0613. The molecule has 0 spiro atoms.